The molecule has 1 N–H and O–H groups in total. The molecule has 0 aliphatic carbocycles. The normalized spacial score (nSPS) is 10.1. The maximum absolute atomic E-state index is 10.8. The van der Waals surface area contributed by atoms with Crippen molar-refractivity contribution in [3.05, 3.63) is 19.8 Å². The van der Waals surface area contributed by atoms with Crippen molar-refractivity contribution in [2.24, 2.45) is 0 Å². The summed E-state index contributed by atoms with van der Waals surface area (Å²) in [5.74, 6) is -0.199. The first-order valence-electron chi connectivity index (χ1n) is 3.40. The molecule has 0 atom stereocenters. The maximum atomic E-state index is 10.8. The van der Waals surface area contributed by atoms with E-state index in [1.807, 2.05) is 0 Å². The molecule has 6 heteroatoms. The standard InChI is InChI=1S/C7H6BrCl2NOS/c8-4-1-6(10)13-5(4)3-11-7(12)2-9/h1H,2-3H2,(H,11,12). The molecule has 0 spiro atoms. The highest BCUT2D eigenvalue weighted by atomic mass is 79.9. The van der Waals surface area contributed by atoms with Crippen LogP contribution in [0.5, 0.6) is 0 Å². The predicted molar refractivity (Wildman–Crippen MR) is 59.6 cm³/mol. The van der Waals surface area contributed by atoms with Crippen LogP contribution in [0.2, 0.25) is 4.34 Å². The second-order valence-corrected chi connectivity index (χ2v) is 5.12. The van der Waals surface area contributed by atoms with Crippen molar-refractivity contribution in [2.75, 3.05) is 5.88 Å². The van der Waals surface area contributed by atoms with Crippen LogP contribution in [0.25, 0.3) is 0 Å². The zero-order valence-corrected chi connectivity index (χ0v) is 10.4. The van der Waals surface area contributed by atoms with Gasteiger partial charge >= 0.3 is 0 Å². The van der Waals surface area contributed by atoms with Crippen molar-refractivity contribution < 1.29 is 4.79 Å². The average Bonchev–Trinajstić information content (AvgIpc) is 2.41. The summed E-state index contributed by atoms with van der Waals surface area (Å²) in [5, 5.41) is 2.65. The fourth-order valence-electron chi connectivity index (χ4n) is 0.723. The lowest BCUT2D eigenvalue weighted by molar-refractivity contribution is -0.118. The molecule has 0 radical (unpaired) electrons. The molecule has 0 saturated heterocycles. The number of hydrogen-bond donors (Lipinski definition) is 1. The van der Waals surface area contributed by atoms with Crippen molar-refractivity contribution in [3.63, 3.8) is 0 Å². The summed E-state index contributed by atoms with van der Waals surface area (Å²) >= 11 is 15.8. The van der Waals surface area contributed by atoms with E-state index in [1.165, 1.54) is 11.3 Å². The van der Waals surface area contributed by atoms with E-state index in [4.69, 9.17) is 23.2 Å². The quantitative estimate of drug-likeness (QED) is 0.855. The second kappa shape index (κ2) is 5.20. The zero-order chi connectivity index (χ0) is 9.84. The van der Waals surface area contributed by atoms with Crippen LogP contribution in [0, 0.1) is 0 Å². The van der Waals surface area contributed by atoms with Gasteiger partial charge in [-0.2, -0.15) is 0 Å². The van der Waals surface area contributed by atoms with Gasteiger partial charge in [0.15, 0.2) is 0 Å². The lowest BCUT2D eigenvalue weighted by Gasteiger charge is -2.00. The van der Waals surface area contributed by atoms with Gasteiger partial charge in [0.2, 0.25) is 5.91 Å². The Hall–Kier alpha value is 0.230. The molecule has 1 aromatic heterocycles. The van der Waals surface area contributed by atoms with Crippen LogP contribution in [0.1, 0.15) is 4.88 Å². The lowest BCUT2D eigenvalue weighted by atomic mass is 10.4. The smallest absolute Gasteiger partial charge is 0.235 e. The third-order valence-corrected chi connectivity index (χ3v) is 3.77. The Balaban J connectivity index is 2.54. The molecular weight excluding hydrogens is 297 g/mol. The molecule has 0 aliphatic heterocycles. The molecule has 1 amide bonds. The number of amides is 1. The van der Waals surface area contributed by atoms with E-state index in [0.29, 0.717) is 10.9 Å². The summed E-state index contributed by atoms with van der Waals surface area (Å²) < 4.78 is 1.61. The van der Waals surface area contributed by atoms with E-state index in [1.54, 1.807) is 6.07 Å². The Morgan fingerprint density at radius 3 is 2.85 bits per heavy atom. The van der Waals surface area contributed by atoms with Crippen LogP contribution in [0.15, 0.2) is 10.5 Å². The molecule has 0 saturated carbocycles. The van der Waals surface area contributed by atoms with E-state index in [0.717, 1.165) is 9.35 Å². The first kappa shape index (κ1) is 11.3. The first-order valence-corrected chi connectivity index (χ1v) is 5.92. The number of carbonyl (C=O) groups is 1. The minimum atomic E-state index is -0.182. The molecule has 1 heterocycles. The average molecular weight is 303 g/mol. The topological polar surface area (TPSA) is 29.1 Å². The van der Waals surface area contributed by atoms with Crippen molar-refractivity contribution in [1.29, 1.82) is 0 Å². The third-order valence-electron chi connectivity index (χ3n) is 1.29. The van der Waals surface area contributed by atoms with E-state index in [-0.39, 0.29) is 11.8 Å². The molecule has 72 valence electrons. The van der Waals surface area contributed by atoms with Gasteiger partial charge in [0.1, 0.15) is 5.88 Å². The van der Waals surface area contributed by atoms with Gasteiger partial charge in [0.05, 0.1) is 10.9 Å². The van der Waals surface area contributed by atoms with Crippen LogP contribution >= 0.6 is 50.5 Å². The second-order valence-electron chi connectivity index (χ2n) is 2.23. The number of carbonyl (C=O) groups excluding carboxylic acids is 1. The van der Waals surface area contributed by atoms with E-state index < -0.39 is 0 Å². The van der Waals surface area contributed by atoms with Gasteiger partial charge < -0.3 is 5.32 Å². The van der Waals surface area contributed by atoms with Crippen molar-refractivity contribution in [3.8, 4) is 0 Å². The van der Waals surface area contributed by atoms with Gasteiger partial charge in [-0.05, 0) is 22.0 Å². The van der Waals surface area contributed by atoms with E-state index in [2.05, 4.69) is 21.2 Å². The molecule has 0 bridgehead atoms. The van der Waals surface area contributed by atoms with Crippen molar-refractivity contribution in [2.45, 2.75) is 6.54 Å². The van der Waals surface area contributed by atoms with E-state index in [9.17, 15) is 4.79 Å². The molecule has 13 heavy (non-hydrogen) atoms. The van der Waals surface area contributed by atoms with Crippen LogP contribution in [-0.4, -0.2) is 11.8 Å². The fourth-order valence-corrected chi connectivity index (χ4v) is 2.81. The Bertz CT molecular complexity index is 315. The highest BCUT2D eigenvalue weighted by Crippen LogP contribution is 2.30. The Morgan fingerprint density at radius 2 is 2.38 bits per heavy atom. The van der Waals surface area contributed by atoms with Crippen molar-refractivity contribution >= 4 is 56.4 Å². The van der Waals surface area contributed by atoms with Crippen LogP contribution < -0.4 is 5.32 Å². The monoisotopic (exact) mass is 301 g/mol. The van der Waals surface area contributed by atoms with Gasteiger partial charge in [-0.25, -0.2) is 0 Å². The Kier molecular flexibility index (Phi) is 4.52. The summed E-state index contributed by atoms with van der Waals surface area (Å²) in [7, 11) is 0. The van der Waals surface area contributed by atoms with Gasteiger partial charge in [-0.3, -0.25) is 4.79 Å². The highest BCUT2D eigenvalue weighted by molar-refractivity contribution is 9.10. The minimum absolute atomic E-state index is 0.0171. The summed E-state index contributed by atoms with van der Waals surface area (Å²) in [4.78, 5) is 11.8. The SMILES string of the molecule is O=C(CCl)NCc1sc(Cl)cc1Br. The van der Waals surface area contributed by atoms with Crippen LogP contribution in [0.4, 0.5) is 0 Å². The molecule has 0 aromatic carbocycles. The number of nitrogens with one attached hydrogen (secondary N) is 1. The summed E-state index contributed by atoms with van der Waals surface area (Å²) in [5.41, 5.74) is 0. The number of hydrogen-bond acceptors (Lipinski definition) is 2. The number of alkyl halides is 1. The molecule has 0 fully saturated rings. The highest BCUT2D eigenvalue weighted by Gasteiger charge is 2.06. The molecule has 0 aliphatic rings. The number of halogens is 3. The maximum Gasteiger partial charge on any atom is 0.235 e. The lowest BCUT2D eigenvalue weighted by Crippen LogP contribution is -2.23. The third kappa shape index (κ3) is 3.46. The molecular formula is C7H6BrCl2NOS. The van der Waals surface area contributed by atoms with E-state index >= 15 is 0 Å². The molecule has 1 rings (SSSR count). The summed E-state index contributed by atoms with van der Waals surface area (Å²) in [6.45, 7) is 0.462. The van der Waals surface area contributed by atoms with Gasteiger partial charge in [-0.1, -0.05) is 11.6 Å². The largest absolute Gasteiger partial charge is 0.350 e. The Morgan fingerprint density at radius 1 is 1.69 bits per heavy atom. The Labute approximate surface area is 98.4 Å². The number of rotatable bonds is 3. The number of thiophene rings is 1. The van der Waals surface area contributed by atoms with Gasteiger partial charge in [0.25, 0.3) is 0 Å². The van der Waals surface area contributed by atoms with Gasteiger partial charge in [0, 0.05) is 9.35 Å². The summed E-state index contributed by atoms with van der Waals surface area (Å²) in [6.07, 6.45) is 0. The predicted octanol–water partition coefficient (Wildman–Crippen LogP) is 3.02. The molecule has 2 nitrogen and oxygen atoms in total. The first-order chi connectivity index (χ1) is 6.13. The van der Waals surface area contributed by atoms with Crippen molar-refractivity contribution in [1.82, 2.24) is 5.32 Å². The summed E-state index contributed by atoms with van der Waals surface area (Å²) in [6, 6.07) is 1.80. The minimum Gasteiger partial charge on any atom is -0.350 e. The van der Waals surface area contributed by atoms with Crippen LogP contribution in [0.3, 0.4) is 0 Å². The molecule has 0 unspecified atom stereocenters. The molecule has 1 aromatic rings. The zero-order valence-electron chi connectivity index (χ0n) is 6.44. The fraction of sp³-hybridized carbons (Fsp3) is 0.286. The van der Waals surface area contributed by atoms with Gasteiger partial charge in [-0.15, -0.1) is 22.9 Å². The van der Waals surface area contributed by atoms with Crippen LogP contribution in [-0.2, 0) is 11.3 Å².